The number of aryl methyl sites for hydroxylation is 1. The van der Waals surface area contributed by atoms with E-state index in [-0.39, 0.29) is 5.75 Å². The number of methoxy groups -OCH3 is 1. The highest BCUT2D eigenvalue weighted by Gasteiger charge is 2.14. The lowest BCUT2D eigenvalue weighted by molar-refractivity contribution is 0.387. The van der Waals surface area contributed by atoms with Gasteiger partial charge in [-0.05, 0) is 30.3 Å². The highest BCUT2D eigenvalue weighted by atomic mass is 19.1. The van der Waals surface area contributed by atoms with Crippen molar-refractivity contribution in [3.05, 3.63) is 73.1 Å². The first kappa shape index (κ1) is 16.5. The number of halogens is 1. The predicted molar refractivity (Wildman–Crippen MR) is 107 cm³/mol. The van der Waals surface area contributed by atoms with E-state index in [9.17, 15) is 4.39 Å². The lowest BCUT2D eigenvalue weighted by Gasteiger charge is -2.08. The van der Waals surface area contributed by atoms with Crippen LogP contribution >= 0.6 is 0 Å². The molecule has 0 aliphatic carbocycles. The van der Waals surface area contributed by atoms with Crippen LogP contribution in [0.15, 0.2) is 67.3 Å². The molecule has 0 N–H and O–H groups in total. The number of aromatic nitrogens is 4. The number of fused-ring (bicyclic) bond motifs is 2. The largest absolute Gasteiger partial charge is 0.494 e. The molecule has 3 heterocycles. The molecule has 0 unspecified atom stereocenters. The summed E-state index contributed by atoms with van der Waals surface area (Å²) in [4.78, 5) is 8.84. The maximum absolute atomic E-state index is 14.7. The number of hydrogen-bond donors (Lipinski definition) is 0. The molecule has 0 aliphatic rings. The standard InChI is InChI=1S/C22H17FN4O/c1-26-9-8-15-10-14(6-7-18(15)26)19-11-25-21-12-24-17(13-27(19)21)16-4-3-5-20(28-2)22(16)23/h3-13H,1-2H3. The molecule has 6 heteroatoms. The molecule has 0 aliphatic heterocycles. The molecular formula is C22H17FN4O. The summed E-state index contributed by atoms with van der Waals surface area (Å²) in [6, 6.07) is 13.4. The Morgan fingerprint density at radius 2 is 1.93 bits per heavy atom. The second-order valence-electron chi connectivity index (χ2n) is 6.67. The molecule has 0 radical (unpaired) electrons. The number of nitrogens with zero attached hydrogens (tertiary/aromatic N) is 4. The minimum atomic E-state index is -0.427. The first-order chi connectivity index (χ1) is 13.7. The van der Waals surface area contributed by atoms with E-state index in [2.05, 4.69) is 38.8 Å². The Balaban J connectivity index is 1.68. The topological polar surface area (TPSA) is 44.4 Å². The van der Waals surface area contributed by atoms with Crippen LogP contribution in [0, 0.1) is 5.82 Å². The molecule has 0 atom stereocenters. The minimum Gasteiger partial charge on any atom is -0.494 e. The number of rotatable bonds is 3. The fraction of sp³-hybridized carbons (Fsp3) is 0.0909. The number of hydrogen-bond acceptors (Lipinski definition) is 3. The van der Waals surface area contributed by atoms with Crippen molar-refractivity contribution in [2.75, 3.05) is 7.11 Å². The zero-order chi connectivity index (χ0) is 19.3. The average molecular weight is 372 g/mol. The maximum Gasteiger partial charge on any atom is 0.174 e. The van der Waals surface area contributed by atoms with E-state index in [0.717, 1.165) is 16.6 Å². The molecule has 5 rings (SSSR count). The van der Waals surface area contributed by atoms with E-state index in [1.165, 1.54) is 12.6 Å². The second kappa shape index (κ2) is 6.20. The Labute approximate surface area is 160 Å². The molecule has 5 aromatic rings. The Morgan fingerprint density at radius 1 is 1.04 bits per heavy atom. The van der Waals surface area contributed by atoms with Crippen molar-refractivity contribution in [1.82, 2.24) is 18.9 Å². The van der Waals surface area contributed by atoms with Crippen LogP contribution in [0.3, 0.4) is 0 Å². The number of imidazole rings is 1. The first-order valence-corrected chi connectivity index (χ1v) is 8.87. The van der Waals surface area contributed by atoms with Crippen molar-refractivity contribution >= 4 is 16.6 Å². The number of ether oxygens (including phenoxy) is 1. The van der Waals surface area contributed by atoms with E-state index >= 15 is 0 Å². The quantitative estimate of drug-likeness (QED) is 0.461. The first-order valence-electron chi connectivity index (χ1n) is 8.87. The molecule has 0 saturated heterocycles. The highest BCUT2D eigenvalue weighted by Crippen LogP contribution is 2.30. The predicted octanol–water partition coefficient (Wildman–Crippen LogP) is 4.70. The van der Waals surface area contributed by atoms with Crippen LogP contribution in [-0.4, -0.2) is 26.0 Å². The van der Waals surface area contributed by atoms with Gasteiger partial charge in [0.1, 0.15) is 0 Å². The van der Waals surface area contributed by atoms with Gasteiger partial charge in [-0.25, -0.2) is 9.37 Å². The van der Waals surface area contributed by atoms with Crippen LogP contribution < -0.4 is 4.74 Å². The molecule has 0 saturated carbocycles. The highest BCUT2D eigenvalue weighted by molar-refractivity contribution is 5.85. The fourth-order valence-electron chi connectivity index (χ4n) is 3.55. The summed E-state index contributed by atoms with van der Waals surface area (Å²) in [7, 11) is 3.48. The third kappa shape index (κ3) is 2.45. The molecule has 0 bridgehead atoms. The molecule has 0 fully saturated rings. The van der Waals surface area contributed by atoms with E-state index in [0.29, 0.717) is 16.9 Å². The van der Waals surface area contributed by atoms with Crippen LogP contribution in [0.4, 0.5) is 4.39 Å². The summed E-state index contributed by atoms with van der Waals surface area (Å²) in [5.41, 5.74) is 4.74. The van der Waals surface area contributed by atoms with E-state index in [4.69, 9.17) is 4.74 Å². The van der Waals surface area contributed by atoms with Crippen LogP contribution in [0.5, 0.6) is 5.75 Å². The fourth-order valence-corrected chi connectivity index (χ4v) is 3.55. The van der Waals surface area contributed by atoms with Gasteiger partial charge in [-0.15, -0.1) is 0 Å². The minimum absolute atomic E-state index is 0.194. The van der Waals surface area contributed by atoms with Gasteiger partial charge in [-0.2, -0.15) is 0 Å². The zero-order valence-electron chi connectivity index (χ0n) is 15.4. The lowest BCUT2D eigenvalue weighted by Crippen LogP contribution is -1.96. The van der Waals surface area contributed by atoms with Gasteiger partial charge in [-0.1, -0.05) is 12.1 Å². The number of benzene rings is 2. The van der Waals surface area contributed by atoms with Gasteiger partial charge in [-0.3, -0.25) is 9.38 Å². The molecule has 2 aromatic carbocycles. The Morgan fingerprint density at radius 3 is 2.79 bits per heavy atom. The van der Waals surface area contributed by atoms with Crippen LogP contribution in [-0.2, 0) is 7.05 Å². The monoisotopic (exact) mass is 372 g/mol. The third-order valence-electron chi connectivity index (χ3n) is 5.04. The summed E-state index contributed by atoms with van der Waals surface area (Å²) in [5, 5.41) is 1.16. The van der Waals surface area contributed by atoms with Gasteiger partial charge in [0.05, 0.1) is 30.9 Å². The van der Waals surface area contributed by atoms with Crippen molar-refractivity contribution < 1.29 is 9.13 Å². The van der Waals surface area contributed by atoms with Gasteiger partial charge in [0, 0.05) is 41.5 Å². The van der Waals surface area contributed by atoms with Crippen LogP contribution in [0.1, 0.15) is 0 Å². The normalized spacial score (nSPS) is 11.4. The Kier molecular flexibility index (Phi) is 3.65. The summed E-state index contributed by atoms with van der Waals surface area (Å²) in [6.45, 7) is 0. The van der Waals surface area contributed by atoms with Crippen molar-refractivity contribution in [3.63, 3.8) is 0 Å². The lowest BCUT2D eigenvalue weighted by atomic mass is 10.1. The van der Waals surface area contributed by atoms with Crippen molar-refractivity contribution in [2.24, 2.45) is 7.05 Å². The third-order valence-corrected chi connectivity index (χ3v) is 5.04. The van der Waals surface area contributed by atoms with Gasteiger partial charge >= 0.3 is 0 Å². The summed E-state index contributed by atoms with van der Waals surface area (Å²) >= 11 is 0. The van der Waals surface area contributed by atoms with E-state index < -0.39 is 5.82 Å². The smallest absolute Gasteiger partial charge is 0.174 e. The van der Waals surface area contributed by atoms with Gasteiger partial charge in [0.25, 0.3) is 0 Å². The SMILES string of the molecule is COc1cccc(-c2cn3c(-c4ccc5c(ccn5C)c4)cnc3cn2)c1F. The second-order valence-corrected chi connectivity index (χ2v) is 6.67. The van der Waals surface area contributed by atoms with Gasteiger partial charge in [0.2, 0.25) is 0 Å². The van der Waals surface area contributed by atoms with Gasteiger partial charge < -0.3 is 9.30 Å². The molecule has 3 aromatic heterocycles. The van der Waals surface area contributed by atoms with Crippen LogP contribution in [0.2, 0.25) is 0 Å². The van der Waals surface area contributed by atoms with E-state index in [1.54, 1.807) is 24.4 Å². The van der Waals surface area contributed by atoms with Crippen LogP contribution in [0.25, 0.3) is 39.1 Å². The van der Waals surface area contributed by atoms with Crippen molar-refractivity contribution in [3.8, 4) is 28.3 Å². The van der Waals surface area contributed by atoms with Gasteiger partial charge in [0.15, 0.2) is 17.2 Å². The molecule has 28 heavy (non-hydrogen) atoms. The summed E-state index contributed by atoms with van der Waals surface area (Å²) in [6.07, 6.45) is 7.31. The summed E-state index contributed by atoms with van der Waals surface area (Å²) < 4.78 is 23.8. The molecular weight excluding hydrogens is 355 g/mol. The average Bonchev–Trinajstić information content (AvgIpc) is 3.31. The van der Waals surface area contributed by atoms with Crippen molar-refractivity contribution in [1.29, 1.82) is 0 Å². The Bertz CT molecular complexity index is 1340. The summed E-state index contributed by atoms with van der Waals surface area (Å²) in [5.74, 6) is -0.232. The maximum atomic E-state index is 14.7. The Hall–Kier alpha value is -3.67. The molecule has 0 amide bonds. The molecule has 0 spiro atoms. The van der Waals surface area contributed by atoms with E-state index in [1.807, 2.05) is 30.0 Å². The molecule has 138 valence electrons. The molecule has 5 nitrogen and oxygen atoms in total. The zero-order valence-corrected chi connectivity index (χ0v) is 15.4. The van der Waals surface area contributed by atoms with Crippen molar-refractivity contribution in [2.45, 2.75) is 0 Å².